The lowest BCUT2D eigenvalue weighted by Gasteiger charge is -2.45. The first-order valence-corrected chi connectivity index (χ1v) is 7.27. The molecule has 1 spiro atoms. The van der Waals surface area contributed by atoms with E-state index < -0.39 is 0 Å². The van der Waals surface area contributed by atoms with E-state index in [0.717, 1.165) is 65.1 Å². The summed E-state index contributed by atoms with van der Waals surface area (Å²) < 4.78 is 17.1. The van der Waals surface area contributed by atoms with Crippen molar-refractivity contribution in [3.8, 4) is 0 Å². The Kier molecular flexibility index (Phi) is 3.63. The van der Waals surface area contributed by atoms with Crippen LogP contribution in [0, 0.1) is 0 Å². The number of hydrogen-bond acceptors (Lipinski definition) is 4. The third-order valence-electron chi connectivity index (χ3n) is 4.67. The molecule has 2 unspecified atom stereocenters. The molecule has 0 radical (unpaired) electrons. The van der Waals surface area contributed by atoms with Crippen molar-refractivity contribution in [2.24, 2.45) is 0 Å². The molecule has 0 aromatic rings. The lowest BCUT2D eigenvalue weighted by atomic mass is 9.83. The predicted octanol–water partition coefficient (Wildman–Crippen LogP) is 1.48. The molecule has 0 aromatic carbocycles. The van der Waals surface area contributed by atoms with Crippen LogP contribution in [0.2, 0.25) is 0 Å². The Morgan fingerprint density at radius 3 is 2.50 bits per heavy atom. The van der Waals surface area contributed by atoms with Crippen LogP contribution >= 0.6 is 0 Å². The van der Waals surface area contributed by atoms with Crippen LogP contribution in [0.4, 0.5) is 0 Å². The van der Waals surface area contributed by atoms with E-state index >= 15 is 0 Å². The van der Waals surface area contributed by atoms with E-state index in [1.165, 1.54) is 0 Å². The monoisotopic (exact) mass is 255 g/mol. The highest BCUT2D eigenvalue weighted by Crippen LogP contribution is 2.35. The fourth-order valence-electron chi connectivity index (χ4n) is 3.52. The van der Waals surface area contributed by atoms with Crippen molar-refractivity contribution in [1.29, 1.82) is 0 Å². The summed E-state index contributed by atoms with van der Waals surface area (Å²) in [6.45, 7) is 6.62. The number of ether oxygens (including phenoxy) is 3. The summed E-state index contributed by atoms with van der Waals surface area (Å²) in [7, 11) is 0. The summed E-state index contributed by atoms with van der Waals surface area (Å²) in [6, 6.07) is 0.573. The second-order valence-electron chi connectivity index (χ2n) is 6.34. The Morgan fingerprint density at radius 2 is 1.78 bits per heavy atom. The third-order valence-corrected chi connectivity index (χ3v) is 4.67. The van der Waals surface area contributed by atoms with E-state index in [2.05, 4.69) is 12.2 Å². The maximum absolute atomic E-state index is 6.08. The molecule has 0 bridgehead atoms. The largest absolute Gasteiger partial charge is 0.381 e. The van der Waals surface area contributed by atoms with Gasteiger partial charge in [0.05, 0.1) is 12.2 Å². The van der Waals surface area contributed by atoms with Gasteiger partial charge in [0.25, 0.3) is 0 Å². The van der Waals surface area contributed by atoms with Crippen molar-refractivity contribution in [3.63, 3.8) is 0 Å². The van der Waals surface area contributed by atoms with Crippen molar-refractivity contribution >= 4 is 0 Å². The molecule has 18 heavy (non-hydrogen) atoms. The Labute approximate surface area is 109 Å². The molecule has 4 heteroatoms. The topological polar surface area (TPSA) is 39.7 Å². The van der Waals surface area contributed by atoms with Gasteiger partial charge in [-0.1, -0.05) is 0 Å². The van der Waals surface area contributed by atoms with Crippen LogP contribution in [-0.4, -0.2) is 50.2 Å². The van der Waals surface area contributed by atoms with E-state index in [4.69, 9.17) is 14.2 Å². The Balaban J connectivity index is 1.59. The highest BCUT2D eigenvalue weighted by molar-refractivity contribution is 4.96. The highest BCUT2D eigenvalue weighted by atomic mass is 16.5. The van der Waals surface area contributed by atoms with Crippen LogP contribution < -0.4 is 5.32 Å². The van der Waals surface area contributed by atoms with Gasteiger partial charge in [0.2, 0.25) is 0 Å². The van der Waals surface area contributed by atoms with Crippen LogP contribution in [0.25, 0.3) is 0 Å². The van der Waals surface area contributed by atoms with Crippen molar-refractivity contribution < 1.29 is 14.2 Å². The molecule has 3 fully saturated rings. The van der Waals surface area contributed by atoms with E-state index in [0.29, 0.717) is 6.04 Å². The maximum atomic E-state index is 6.08. The van der Waals surface area contributed by atoms with Crippen LogP contribution in [0.15, 0.2) is 0 Å². The van der Waals surface area contributed by atoms with Gasteiger partial charge < -0.3 is 19.5 Å². The van der Waals surface area contributed by atoms with E-state index in [1.54, 1.807) is 0 Å². The van der Waals surface area contributed by atoms with Gasteiger partial charge in [0.15, 0.2) is 0 Å². The zero-order chi connectivity index (χ0) is 12.5. The minimum atomic E-state index is 0.0873. The molecule has 0 aromatic heterocycles. The summed E-state index contributed by atoms with van der Waals surface area (Å²) in [4.78, 5) is 0. The fraction of sp³-hybridized carbons (Fsp3) is 1.00. The molecule has 4 nitrogen and oxygen atoms in total. The minimum absolute atomic E-state index is 0.0873. The molecule has 0 amide bonds. The molecular formula is C14H25NO3. The molecule has 3 aliphatic rings. The van der Waals surface area contributed by atoms with Crippen LogP contribution in [-0.2, 0) is 14.2 Å². The lowest BCUT2D eigenvalue weighted by molar-refractivity contribution is -0.142. The highest BCUT2D eigenvalue weighted by Gasteiger charge is 2.41. The van der Waals surface area contributed by atoms with Gasteiger partial charge in [-0.25, -0.2) is 0 Å². The summed E-state index contributed by atoms with van der Waals surface area (Å²) >= 11 is 0. The zero-order valence-corrected chi connectivity index (χ0v) is 11.4. The average molecular weight is 255 g/mol. The molecule has 3 heterocycles. The zero-order valence-electron chi connectivity index (χ0n) is 11.4. The first-order chi connectivity index (χ1) is 8.70. The standard InChI is InChI=1S/C14H25NO3/c1-13(3-7-17-11-13)15-12-2-6-18-14(10-12)4-8-16-9-5-14/h12,15H,2-11H2,1H3. The number of rotatable bonds is 2. The lowest BCUT2D eigenvalue weighted by Crippen LogP contribution is -2.55. The summed E-state index contributed by atoms with van der Waals surface area (Å²) in [5, 5.41) is 3.82. The molecule has 3 saturated heterocycles. The third kappa shape index (κ3) is 2.72. The molecule has 0 saturated carbocycles. The summed E-state index contributed by atoms with van der Waals surface area (Å²) in [5.74, 6) is 0. The van der Waals surface area contributed by atoms with Crippen molar-refractivity contribution in [1.82, 2.24) is 5.32 Å². The molecule has 3 rings (SSSR count). The van der Waals surface area contributed by atoms with Gasteiger partial charge >= 0.3 is 0 Å². The Hall–Kier alpha value is -0.160. The molecule has 1 N–H and O–H groups in total. The quantitative estimate of drug-likeness (QED) is 0.811. The maximum Gasteiger partial charge on any atom is 0.0741 e. The summed E-state index contributed by atoms with van der Waals surface area (Å²) in [5.41, 5.74) is 0.262. The Morgan fingerprint density at radius 1 is 1.00 bits per heavy atom. The average Bonchev–Trinajstić information content (AvgIpc) is 2.77. The van der Waals surface area contributed by atoms with Crippen molar-refractivity contribution in [3.05, 3.63) is 0 Å². The van der Waals surface area contributed by atoms with Gasteiger partial charge in [-0.05, 0) is 39.0 Å². The van der Waals surface area contributed by atoms with Crippen molar-refractivity contribution in [2.45, 2.75) is 56.2 Å². The van der Waals surface area contributed by atoms with E-state index in [-0.39, 0.29) is 11.1 Å². The Bertz CT molecular complexity index is 277. The number of nitrogens with one attached hydrogen (secondary N) is 1. The van der Waals surface area contributed by atoms with Crippen LogP contribution in [0.1, 0.15) is 39.0 Å². The van der Waals surface area contributed by atoms with Crippen LogP contribution in [0.5, 0.6) is 0 Å². The fourth-order valence-corrected chi connectivity index (χ4v) is 3.52. The molecular weight excluding hydrogens is 230 g/mol. The van der Waals surface area contributed by atoms with E-state index in [9.17, 15) is 0 Å². The smallest absolute Gasteiger partial charge is 0.0741 e. The number of hydrogen-bond donors (Lipinski definition) is 1. The van der Waals surface area contributed by atoms with Crippen molar-refractivity contribution in [2.75, 3.05) is 33.0 Å². The normalized spacial score (nSPS) is 40.2. The van der Waals surface area contributed by atoms with Gasteiger partial charge in [-0.15, -0.1) is 0 Å². The van der Waals surface area contributed by atoms with Gasteiger partial charge in [-0.3, -0.25) is 0 Å². The molecule has 104 valence electrons. The second kappa shape index (κ2) is 5.08. The second-order valence-corrected chi connectivity index (χ2v) is 6.34. The van der Waals surface area contributed by atoms with Gasteiger partial charge in [-0.2, -0.15) is 0 Å². The first-order valence-electron chi connectivity index (χ1n) is 7.27. The first kappa shape index (κ1) is 12.9. The molecule has 3 aliphatic heterocycles. The minimum Gasteiger partial charge on any atom is -0.381 e. The SMILES string of the molecule is CC1(NC2CCOC3(CCOCC3)C2)CCOC1. The molecule has 2 atom stereocenters. The van der Waals surface area contributed by atoms with Crippen LogP contribution in [0.3, 0.4) is 0 Å². The van der Waals surface area contributed by atoms with E-state index in [1.807, 2.05) is 0 Å². The predicted molar refractivity (Wildman–Crippen MR) is 68.7 cm³/mol. The molecule has 0 aliphatic carbocycles. The van der Waals surface area contributed by atoms with Gasteiger partial charge in [0.1, 0.15) is 0 Å². The summed E-state index contributed by atoms with van der Waals surface area (Å²) in [6.07, 6.45) is 5.49. The van der Waals surface area contributed by atoms with Gasteiger partial charge in [0, 0.05) is 38.0 Å².